The number of amides is 3. The molecule has 2 aromatic carbocycles. The van der Waals surface area contributed by atoms with Gasteiger partial charge in [0.15, 0.2) is 0 Å². The van der Waals surface area contributed by atoms with Crippen molar-refractivity contribution in [1.29, 1.82) is 0 Å². The fraction of sp³-hybridized carbons (Fsp3) is 0.182. The van der Waals surface area contributed by atoms with Crippen LogP contribution in [0.25, 0.3) is 11.0 Å². The Morgan fingerprint density at radius 1 is 0.931 bits per heavy atom. The van der Waals surface area contributed by atoms with Gasteiger partial charge in [0.05, 0.1) is 11.1 Å². The van der Waals surface area contributed by atoms with E-state index in [2.05, 4.69) is 5.32 Å². The number of hydrogen-bond donors (Lipinski definition) is 1. The standard InChI is InChI=1S/C22H18N2O5/c1-12(2)18(24-20(26)14-8-4-5-9-15(14)21(24)27)19(25)23-16-11-13-7-3-6-10-17(13)29-22(16)28/h3-12,18H,1-2H3,(H,23,25)/t18-/m0/s1. The molecular formula is C22H18N2O5. The van der Waals surface area contributed by atoms with E-state index in [0.717, 1.165) is 4.90 Å². The predicted octanol–water partition coefficient (Wildman–Crippen LogP) is 3.05. The normalized spacial score (nSPS) is 14.4. The molecule has 1 aliphatic heterocycles. The van der Waals surface area contributed by atoms with Crippen LogP contribution in [-0.4, -0.2) is 28.7 Å². The first-order chi connectivity index (χ1) is 13.9. The maximum absolute atomic E-state index is 13.0. The molecule has 3 aromatic rings. The zero-order valence-electron chi connectivity index (χ0n) is 15.8. The third kappa shape index (κ3) is 3.10. The number of carbonyl (C=O) groups excluding carboxylic acids is 3. The number of benzene rings is 2. The average Bonchev–Trinajstić information content (AvgIpc) is 2.94. The SMILES string of the molecule is CC(C)[C@@H](C(=O)Nc1cc2ccccc2oc1=O)N1C(=O)c2ccccc2C1=O. The van der Waals surface area contributed by atoms with Gasteiger partial charge >= 0.3 is 5.63 Å². The molecule has 1 N–H and O–H groups in total. The van der Waals surface area contributed by atoms with Crippen molar-refractivity contribution in [2.24, 2.45) is 5.92 Å². The minimum atomic E-state index is -1.08. The molecule has 7 heteroatoms. The summed E-state index contributed by atoms with van der Waals surface area (Å²) in [4.78, 5) is 51.9. The smallest absolute Gasteiger partial charge is 0.360 e. The summed E-state index contributed by atoms with van der Waals surface area (Å²) in [7, 11) is 0. The van der Waals surface area contributed by atoms with Gasteiger partial charge in [0.1, 0.15) is 17.3 Å². The molecule has 0 saturated heterocycles. The van der Waals surface area contributed by atoms with Crippen molar-refractivity contribution in [3.63, 3.8) is 0 Å². The second-order valence-corrected chi connectivity index (χ2v) is 7.19. The van der Waals surface area contributed by atoms with E-state index in [1.165, 1.54) is 6.07 Å². The van der Waals surface area contributed by atoms with Crippen LogP contribution in [0.4, 0.5) is 5.69 Å². The Morgan fingerprint density at radius 3 is 2.14 bits per heavy atom. The van der Waals surface area contributed by atoms with Gasteiger partial charge in [-0.15, -0.1) is 0 Å². The number of para-hydroxylation sites is 1. The van der Waals surface area contributed by atoms with E-state index < -0.39 is 29.4 Å². The van der Waals surface area contributed by atoms with E-state index in [9.17, 15) is 19.2 Å². The Bertz CT molecular complexity index is 1180. The van der Waals surface area contributed by atoms with Gasteiger partial charge in [-0.05, 0) is 30.2 Å². The van der Waals surface area contributed by atoms with Gasteiger partial charge in [-0.25, -0.2) is 4.79 Å². The number of fused-ring (bicyclic) bond motifs is 2. The van der Waals surface area contributed by atoms with Crippen LogP contribution in [-0.2, 0) is 4.79 Å². The fourth-order valence-electron chi connectivity index (χ4n) is 3.53. The number of rotatable bonds is 4. The highest BCUT2D eigenvalue weighted by atomic mass is 16.4. The molecule has 1 atom stereocenters. The molecule has 0 bridgehead atoms. The molecule has 29 heavy (non-hydrogen) atoms. The summed E-state index contributed by atoms with van der Waals surface area (Å²) in [5, 5.41) is 3.18. The van der Waals surface area contributed by atoms with Crippen molar-refractivity contribution in [3.05, 3.63) is 76.1 Å². The lowest BCUT2D eigenvalue weighted by molar-refractivity contribution is -0.121. The van der Waals surface area contributed by atoms with Crippen LogP contribution in [0.1, 0.15) is 34.6 Å². The van der Waals surface area contributed by atoms with Gasteiger partial charge in [-0.3, -0.25) is 19.3 Å². The van der Waals surface area contributed by atoms with Crippen LogP contribution < -0.4 is 10.9 Å². The van der Waals surface area contributed by atoms with Crippen molar-refractivity contribution in [2.75, 3.05) is 5.32 Å². The second-order valence-electron chi connectivity index (χ2n) is 7.19. The van der Waals surface area contributed by atoms with E-state index in [-0.39, 0.29) is 22.7 Å². The lowest BCUT2D eigenvalue weighted by Crippen LogP contribution is -2.50. The monoisotopic (exact) mass is 390 g/mol. The summed E-state index contributed by atoms with van der Waals surface area (Å²) in [5.41, 5.74) is 0.177. The minimum absolute atomic E-state index is 0.0454. The third-order valence-electron chi connectivity index (χ3n) is 4.90. The lowest BCUT2D eigenvalue weighted by Gasteiger charge is -2.28. The summed E-state index contributed by atoms with van der Waals surface area (Å²) in [6.45, 7) is 3.47. The zero-order chi connectivity index (χ0) is 20.7. The molecule has 0 fully saturated rings. The van der Waals surface area contributed by atoms with Crippen LogP contribution in [0.15, 0.2) is 63.8 Å². The molecule has 1 aliphatic rings. The highest BCUT2D eigenvalue weighted by Crippen LogP contribution is 2.27. The number of carbonyl (C=O) groups is 3. The lowest BCUT2D eigenvalue weighted by atomic mass is 10.0. The van der Waals surface area contributed by atoms with Crippen molar-refractivity contribution >= 4 is 34.4 Å². The first-order valence-corrected chi connectivity index (χ1v) is 9.19. The molecule has 1 aromatic heterocycles. The fourth-order valence-corrected chi connectivity index (χ4v) is 3.53. The van der Waals surface area contributed by atoms with Crippen LogP contribution in [0.5, 0.6) is 0 Å². The Morgan fingerprint density at radius 2 is 1.52 bits per heavy atom. The summed E-state index contributed by atoms with van der Waals surface area (Å²) in [6.07, 6.45) is 0. The summed E-state index contributed by atoms with van der Waals surface area (Å²) >= 11 is 0. The summed E-state index contributed by atoms with van der Waals surface area (Å²) < 4.78 is 5.23. The van der Waals surface area contributed by atoms with Crippen molar-refractivity contribution in [2.45, 2.75) is 19.9 Å². The molecule has 0 saturated carbocycles. The number of anilines is 1. The first-order valence-electron chi connectivity index (χ1n) is 9.19. The van der Waals surface area contributed by atoms with Crippen LogP contribution >= 0.6 is 0 Å². The maximum atomic E-state index is 13.0. The number of hydrogen-bond acceptors (Lipinski definition) is 5. The Hall–Kier alpha value is -3.74. The molecule has 3 amide bonds. The van der Waals surface area contributed by atoms with Gasteiger partial charge in [-0.2, -0.15) is 0 Å². The molecule has 0 unspecified atom stereocenters. The van der Waals surface area contributed by atoms with Gasteiger partial charge in [-0.1, -0.05) is 44.2 Å². The van der Waals surface area contributed by atoms with Crippen LogP contribution in [0.3, 0.4) is 0 Å². The summed E-state index contributed by atoms with van der Waals surface area (Å²) in [5.74, 6) is -2.04. The van der Waals surface area contributed by atoms with Gasteiger partial charge in [0, 0.05) is 5.39 Å². The Balaban J connectivity index is 1.68. The first kappa shape index (κ1) is 18.6. The molecule has 0 aliphatic carbocycles. The Labute approximate surface area is 165 Å². The molecule has 7 nitrogen and oxygen atoms in total. The zero-order valence-corrected chi connectivity index (χ0v) is 15.8. The van der Waals surface area contributed by atoms with Crippen molar-refractivity contribution in [3.8, 4) is 0 Å². The predicted molar refractivity (Wildman–Crippen MR) is 107 cm³/mol. The molecule has 2 heterocycles. The summed E-state index contributed by atoms with van der Waals surface area (Å²) in [6, 6.07) is 13.8. The molecule has 0 spiro atoms. The number of nitrogens with one attached hydrogen (secondary N) is 1. The second kappa shape index (κ2) is 7.01. The Kier molecular flexibility index (Phi) is 4.50. The molecule has 146 valence electrons. The van der Waals surface area contributed by atoms with E-state index >= 15 is 0 Å². The van der Waals surface area contributed by atoms with Gasteiger partial charge in [0.25, 0.3) is 11.8 Å². The van der Waals surface area contributed by atoms with Crippen LogP contribution in [0, 0.1) is 5.92 Å². The van der Waals surface area contributed by atoms with E-state index in [1.54, 1.807) is 62.4 Å². The topological polar surface area (TPSA) is 96.7 Å². The number of imide groups is 1. The number of nitrogens with zero attached hydrogens (tertiary/aromatic N) is 1. The molecular weight excluding hydrogens is 372 g/mol. The van der Waals surface area contributed by atoms with Crippen molar-refractivity contribution in [1.82, 2.24) is 4.90 Å². The van der Waals surface area contributed by atoms with Crippen LogP contribution in [0.2, 0.25) is 0 Å². The van der Waals surface area contributed by atoms with E-state index in [1.807, 2.05) is 0 Å². The molecule has 0 radical (unpaired) electrons. The van der Waals surface area contributed by atoms with E-state index in [4.69, 9.17) is 4.42 Å². The van der Waals surface area contributed by atoms with E-state index in [0.29, 0.717) is 11.0 Å². The quantitative estimate of drug-likeness (QED) is 0.546. The highest BCUT2D eigenvalue weighted by Gasteiger charge is 2.44. The maximum Gasteiger partial charge on any atom is 0.360 e. The van der Waals surface area contributed by atoms with Gasteiger partial charge in [0.2, 0.25) is 5.91 Å². The van der Waals surface area contributed by atoms with Gasteiger partial charge < -0.3 is 9.73 Å². The highest BCUT2D eigenvalue weighted by molar-refractivity contribution is 6.23. The molecule has 4 rings (SSSR count). The van der Waals surface area contributed by atoms with Crippen molar-refractivity contribution < 1.29 is 18.8 Å². The average molecular weight is 390 g/mol. The largest absolute Gasteiger partial charge is 0.421 e. The third-order valence-corrected chi connectivity index (χ3v) is 4.90. The minimum Gasteiger partial charge on any atom is -0.421 e.